The van der Waals surface area contributed by atoms with Gasteiger partial charge in [0.15, 0.2) is 0 Å². The summed E-state index contributed by atoms with van der Waals surface area (Å²) in [6.07, 6.45) is 1.26. The maximum absolute atomic E-state index is 12.3. The van der Waals surface area contributed by atoms with Crippen molar-refractivity contribution in [3.8, 4) is 0 Å². The highest BCUT2D eigenvalue weighted by atomic mass is 16.2. The number of nitrogens with one attached hydrogen (secondary N) is 1. The number of anilines is 1. The number of amides is 1. The van der Waals surface area contributed by atoms with Crippen LogP contribution < -0.4 is 16.6 Å². The van der Waals surface area contributed by atoms with Gasteiger partial charge in [0.1, 0.15) is 5.56 Å². The number of aryl methyl sites for hydroxylation is 3. The Bertz CT molecular complexity index is 831. The van der Waals surface area contributed by atoms with E-state index < -0.39 is 17.2 Å². The van der Waals surface area contributed by atoms with Crippen molar-refractivity contribution >= 4 is 11.6 Å². The molecule has 1 N–H and O–H groups in total. The number of hydrogen-bond donors (Lipinski definition) is 1. The van der Waals surface area contributed by atoms with Crippen molar-refractivity contribution in [1.82, 2.24) is 9.13 Å². The van der Waals surface area contributed by atoms with Crippen LogP contribution in [0.3, 0.4) is 0 Å². The first kappa shape index (κ1) is 14.8. The van der Waals surface area contributed by atoms with Gasteiger partial charge in [0.05, 0.1) is 0 Å². The Morgan fingerprint density at radius 1 is 1.14 bits per heavy atom. The summed E-state index contributed by atoms with van der Waals surface area (Å²) in [6.45, 7) is 3.79. The van der Waals surface area contributed by atoms with Gasteiger partial charge in [0.25, 0.3) is 11.5 Å². The second kappa shape index (κ2) is 5.40. The number of hydrogen-bond acceptors (Lipinski definition) is 3. The van der Waals surface area contributed by atoms with Crippen molar-refractivity contribution in [1.29, 1.82) is 0 Å². The Morgan fingerprint density at radius 3 is 2.48 bits per heavy atom. The largest absolute Gasteiger partial charge is 0.330 e. The zero-order valence-electron chi connectivity index (χ0n) is 12.4. The number of carbonyl (C=O) groups excluding carboxylic acids is 1. The third kappa shape index (κ3) is 2.79. The summed E-state index contributed by atoms with van der Waals surface area (Å²) < 4.78 is 2.12. The van der Waals surface area contributed by atoms with Crippen molar-refractivity contribution < 1.29 is 4.79 Å². The predicted octanol–water partition coefficient (Wildman–Crippen LogP) is 0.953. The molecule has 0 spiro atoms. The molecule has 0 bridgehead atoms. The summed E-state index contributed by atoms with van der Waals surface area (Å²) in [5.41, 5.74) is 1.40. The highest BCUT2D eigenvalue weighted by molar-refractivity contribution is 6.04. The molecule has 0 aliphatic heterocycles. The van der Waals surface area contributed by atoms with Gasteiger partial charge in [-0.05, 0) is 31.0 Å². The maximum Gasteiger partial charge on any atom is 0.330 e. The van der Waals surface area contributed by atoms with Gasteiger partial charge in [-0.2, -0.15) is 0 Å². The van der Waals surface area contributed by atoms with E-state index in [1.807, 2.05) is 32.0 Å². The van der Waals surface area contributed by atoms with Gasteiger partial charge in [-0.25, -0.2) is 4.79 Å². The number of aromatic nitrogens is 2. The number of benzene rings is 1. The minimum atomic E-state index is -0.610. The van der Waals surface area contributed by atoms with Crippen molar-refractivity contribution in [3.63, 3.8) is 0 Å². The first-order valence-corrected chi connectivity index (χ1v) is 6.46. The summed E-state index contributed by atoms with van der Waals surface area (Å²) in [7, 11) is 2.84. The first-order valence-electron chi connectivity index (χ1n) is 6.46. The fraction of sp³-hybridized carbons (Fsp3) is 0.267. The molecule has 0 unspecified atom stereocenters. The summed E-state index contributed by atoms with van der Waals surface area (Å²) in [5.74, 6) is -0.528. The Hall–Kier alpha value is -2.63. The summed E-state index contributed by atoms with van der Waals surface area (Å²) >= 11 is 0. The van der Waals surface area contributed by atoms with E-state index in [1.54, 1.807) is 0 Å². The van der Waals surface area contributed by atoms with Crippen LogP contribution in [0.15, 0.2) is 34.0 Å². The van der Waals surface area contributed by atoms with E-state index in [0.717, 1.165) is 15.7 Å². The fourth-order valence-corrected chi connectivity index (χ4v) is 2.02. The van der Waals surface area contributed by atoms with Gasteiger partial charge in [0, 0.05) is 26.0 Å². The Balaban J connectivity index is 2.44. The molecular weight excluding hydrogens is 270 g/mol. The zero-order valence-corrected chi connectivity index (χ0v) is 12.4. The van der Waals surface area contributed by atoms with Crippen LogP contribution in [0.4, 0.5) is 5.69 Å². The predicted molar refractivity (Wildman–Crippen MR) is 80.8 cm³/mol. The van der Waals surface area contributed by atoms with E-state index in [-0.39, 0.29) is 5.56 Å². The van der Waals surface area contributed by atoms with Crippen LogP contribution in [0.1, 0.15) is 21.5 Å². The molecule has 2 aromatic rings. The van der Waals surface area contributed by atoms with Crippen LogP contribution in [0.2, 0.25) is 0 Å². The molecule has 1 heterocycles. The molecular formula is C15H17N3O3. The summed E-state index contributed by atoms with van der Waals surface area (Å²) in [6, 6.07) is 5.67. The van der Waals surface area contributed by atoms with Gasteiger partial charge in [-0.3, -0.25) is 14.2 Å². The van der Waals surface area contributed by atoms with Crippen molar-refractivity contribution in [2.24, 2.45) is 14.1 Å². The number of rotatable bonds is 2. The number of carbonyl (C=O) groups is 1. The lowest BCUT2D eigenvalue weighted by Gasteiger charge is -2.10. The standard InChI is InChI=1S/C15H17N3O3/c1-9-5-6-10(2)12(7-9)16-13(19)11-8-17(3)15(21)18(4)14(11)20/h5-8H,1-4H3,(H,16,19). The van der Waals surface area contributed by atoms with E-state index in [1.165, 1.54) is 24.9 Å². The quantitative estimate of drug-likeness (QED) is 0.894. The molecule has 0 aliphatic rings. The lowest BCUT2D eigenvalue weighted by molar-refractivity contribution is 0.102. The Kier molecular flexibility index (Phi) is 3.80. The van der Waals surface area contributed by atoms with Crippen molar-refractivity contribution in [2.75, 3.05) is 5.32 Å². The van der Waals surface area contributed by atoms with Gasteiger partial charge >= 0.3 is 5.69 Å². The van der Waals surface area contributed by atoms with Gasteiger partial charge in [-0.15, -0.1) is 0 Å². The molecule has 0 fully saturated rings. The smallest absolute Gasteiger partial charge is 0.322 e. The third-order valence-corrected chi connectivity index (χ3v) is 3.33. The Labute approximate surface area is 121 Å². The number of nitrogens with zero attached hydrogens (tertiary/aromatic N) is 2. The fourth-order valence-electron chi connectivity index (χ4n) is 2.02. The molecule has 1 aromatic carbocycles. The highest BCUT2D eigenvalue weighted by Crippen LogP contribution is 2.16. The minimum absolute atomic E-state index is 0.0690. The van der Waals surface area contributed by atoms with Gasteiger partial charge < -0.3 is 9.88 Å². The van der Waals surface area contributed by atoms with E-state index >= 15 is 0 Å². The normalized spacial score (nSPS) is 10.5. The third-order valence-electron chi connectivity index (χ3n) is 3.33. The summed E-state index contributed by atoms with van der Waals surface area (Å²) in [4.78, 5) is 35.9. The van der Waals surface area contributed by atoms with Crippen molar-refractivity contribution in [3.05, 3.63) is 61.9 Å². The molecule has 6 heteroatoms. The maximum atomic E-state index is 12.3. The van der Waals surface area contributed by atoms with E-state index in [2.05, 4.69) is 5.32 Å². The lowest BCUT2D eigenvalue weighted by atomic mass is 10.1. The molecule has 0 saturated carbocycles. The molecule has 2 rings (SSSR count). The van der Waals surface area contributed by atoms with Crippen LogP contribution in [0.25, 0.3) is 0 Å². The van der Waals surface area contributed by atoms with E-state index in [4.69, 9.17) is 0 Å². The van der Waals surface area contributed by atoms with Crippen LogP contribution in [0.5, 0.6) is 0 Å². The molecule has 0 aliphatic carbocycles. The van der Waals surface area contributed by atoms with Crippen LogP contribution in [0, 0.1) is 13.8 Å². The second-order valence-electron chi connectivity index (χ2n) is 5.07. The average Bonchev–Trinajstić information content (AvgIpc) is 2.44. The molecule has 0 radical (unpaired) electrons. The molecule has 1 aromatic heterocycles. The molecule has 0 saturated heterocycles. The van der Waals surface area contributed by atoms with Crippen molar-refractivity contribution in [2.45, 2.75) is 13.8 Å². The first-order chi connectivity index (χ1) is 9.81. The SMILES string of the molecule is Cc1ccc(C)c(NC(=O)c2cn(C)c(=O)n(C)c2=O)c1. The molecule has 21 heavy (non-hydrogen) atoms. The van der Waals surface area contributed by atoms with Crippen LogP contribution in [-0.2, 0) is 14.1 Å². The zero-order chi connectivity index (χ0) is 15.7. The van der Waals surface area contributed by atoms with Crippen LogP contribution in [-0.4, -0.2) is 15.0 Å². The Morgan fingerprint density at radius 2 is 1.81 bits per heavy atom. The second-order valence-corrected chi connectivity index (χ2v) is 5.07. The van der Waals surface area contributed by atoms with Crippen LogP contribution >= 0.6 is 0 Å². The molecule has 6 nitrogen and oxygen atoms in total. The molecule has 1 amide bonds. The summed E-state index contributed by atoms with van der Waals surface area (Å²) in [5, 5.41) is 2.71. The van der Waals surface area contributed by atoms with Gasteiger partial charge in [0.2, 0.25) is 0 Å². The minimum Gasteiger partial charge on any atom is -0.322 e. The topological polar surface area (TPSA) is 73.1 Å². The van der Waals surface area contributed by atoms with Gasteiger partial charge in [-0.1, -0.05) is 12.1 Å². The molecule has 110 valence electrons. The van der Waals surface area contributed by atoms with E-state index in [0.29, 0.717) is 5.69 Å². The van der Waals surface area contributed by atoms with E-state index in [9.17, 15) is 14.4 Å². The lowest BCUT2D eigenvalue weighted by Crippen LogP contribution is -2.40. The average molecular weight is 287 g/mol. The molecule has 0 atom stereocenters. The monoisotopic (exact) mass is 287 g/mol. The highest BCUT2D eigenvalue weighted by Gasteiger charge is 2.15.